The zero-order valence-corrected chi connectivity index (χ0v) is 19.6. The van der Waals surface area contributed by atoms with Crippen molar-refractivity contribution >= 4 is 33.1 Å². The van der Waals surface area contributed by atoms with Crippen molar-refractivity contribution in [1.82, 2.24) is 9.97 Å². The third-order valence-corrected chi connectivity index (χ3v) is 7.92. The van der Waals surface area contributed by atoms with Crippen LogP contribution in [0.4, 0.5) is 17.2 Å². The van der Waals surface area contributed by atoms with Crippen LogP contribution in [0.5, 0.6) is 0 Å². The Labute approximate surface area is 199 Å². The number of nitrogens with zero attached hydrogens (tertiary/aromatic N) is 4. The zero-order chi connectivity index (χ0) is 23.5. The summed E-state index contributed by atoms with van der Waals surface area (Å²) in [5.41, 5.74) is 3.27. The van der Waals surface area contributed by atoms with Crippen LogP contribution in [0.1, 0.15) is 24.8 Å². The normalized spacial score (nSPS) is 16.7. The van der Waals surface area contributed by atoms with Gasteiger partial charge in [-0.1, -0.05) is 18.2 Å². The van der Waals surface area contributed by atoms with E-state index in [1.807, 2.05) is 29.2 Å². The number of nitrogens with one attached hydrogen (secondary N) is 1. The van der Waals surface area contributed by atoms with E-state index < -0.39 is 10.0 Å². The molecule has 176 valence electrons. The van der Waals surface area contributed by atoms with Crippen molar-refractivity contribution in [3.05, 3.63) is 72.7 Å². The summed E-state index contributed by atoms with van der Waals surface area (Å²) in [6.07, 6.45) is 6.37. The highest BCUT2D eigenvalue weighted by Gasteiger charge is 2.31. The van der Waals surface area contributed by atoms with E-state index in [9.17, 15) is 13.2 Å². The minimum atomic E-state index is -3.73. The van der Waals surface area contributed by atoms with E-state index in [0.717, 1.165) is 56.7 Å². The Morgan fingerprint density at radius 3 is 2.47 bits per heavy atom. The van der Waals surface area contributed by atoms with Crippen molar-refractivity contribution in [1.29, 1.82) is 0 Å². The number of para-hydroxylation sites is 1. The maximum absolute atomic E-state index is 13.3. The molecule has 34 heavy (non-hydrogen) atoms. The average Bonchev–Trinajstić information content (AvgIpc) is 2.88. The average molecular weight is 478 g/mol. The number of amides is 1. The number of piperidine rings is 1. The highest BCUT2D eigenvalue weighted by atomic mass is 32.2. The van der Waals surface area contributed by atoms with Gasteiger partial charge in [-0.05, 0) is 67.6 Å². The molecule has 0 spiro atoms. The molecule has 2 aliphatic rings. The molecule has 1 fully saturated rings. The molecule has 9 heteroatoms. The number of anilines is 3. The Hall–Kier alpha value is -3.46. The van der Waals surface area contributed by atoms with Gasteiger partial charge in [0.25, 0.3) is 10.0 Å². The van der Waals surface area contributed by atoms with Crippen LogP contribution in [0.15, 0.2) is 72.0 Å². The van der Waals surface area contributed by atoms with E-state index in [4.69, 9.17) is 0 Å². The lowest BCUT2D eigenvalue weighted by molar-refractivity contribution is -0.123. The number of benzene rings is 2. The van der Waals surface area contributed by atoms with Gasteiger partial charge in [0, 0.05) is 43.1 Å². The number of aromatic nitrogens is 2. The minimum Gasteiger partial charge on any atom is -0.371 e. The number of fused-ring (bicyclic) bond motifs is 1. The van der Waals surface area contributed by atoms with Gasteiger partial charge in [0.2, 0.25) is 5.91 Å². The number of hydrogen-bond acceptors (Lipinski definition) is 6. The van der Waals surface area contributed by atoms with Crippen LogP contribution in [0, 0.1) is 5.92 Å². The Bertz CT molecular complexity index is 1260. The lowest BCUT2D eigenvalue weighted by Gasteiger charge is -2.37. The first-order valence-electron chi connectivity index (χ1n) is 11.5. The summed E-state index contributed by atoms with van der Waals surface area (Å²) in [5, 5.41) is 0. The molecule has 3 heterocycles. The van der Waals surface area contributed by atoms with Crippen molar-refractivity contribution in [2.75, 3.05) is 34.2 Å². The first-order chi connectivity index (χ1) is 16.5. The zero-order valence-electron chi connectivity index (χ0n) is 18.8. The van der Waals surface area contributed by atoms with Gasteiger partial charge in [-0.25, -0.2) is 18.4 Å². The molecule has 0 radical (unpaired) electrons. The topological polar surface area (TPSA) is 95.5 Å². The molecule has 5 rings (SSSR count). The van der Waals surface area contributed by atoms with E-state index in [0.29, 0.717) is 0 Å². The lowest BCUT2D eigenvalue weighted by Crippen LogP contribution is -2.44. The predicted octanol–water partition coefficient (Wildman–Crippen LogP) is 3.47. The third-order valence-electron chi connectivity index (χ3n) is 6.55. The van der Waals surface area contributed by atoms with Gasteiger partial charge in [0.05, 0.1) is 4.90 Å². The van der Waals surface area contributed by atoms with E-state index >= 15 is 0 Å². The Kier molecular flexibility index (Phi) is 6.19. The van der Waals surface area contributed by atoms with Gasteiger partial charge < -0.3 is 9.80 Å². The van der Waals surface area contributed by atoms with E-state index in [1.165, 1.54) is 24.2 Å². The fourth-order valence-electron chi connectivity index (χ4n) is 4.75. The van der Waals surface area contributed by atoms with Crippen molar-refractivity contribution in [3.8, 4) is 0 Å². The summed E-state index contributed by atoms with van der Waals surface area (Å²) in [6, 6.07) is 16.5. The van der Waals surface area contributed by atoms with Gasteiger partial charge in [-0.15, -0.1) is 0 Å². The second-order valence-electron chi connectivity index (χ2n) is 8.68. The Morgan fingerprint density at radius 2 is 1.74 bits per heavy atom. The molecule has 0 aliphatic carbocycles. The van der Waals surface area contributed by atoms with E-state index in [-0.39, 0.29) is 22.5 Å². The number of carbonyl (C=O) groups is 1. The molecule has 3 aromatic rings. The summed E-state index contributed by atoms with van der Waals surface area (Å²) in [6.45, 7) is 2.31. The Balaban J connectivity index is 1.21. The van der Waals surface area contributed by atoms with Gasteiger partial charge in [-0.2, -0.15) is 0 Å². The fraction of sp³-hybridized carbons (Fsp3) is 0.320. The maximum Gasteiger partial charge on any atom is 0.263 e. The number of carbonyl (C=O) groups excluding carboxylic acids is 1. The monoisotopic (exact) mass is 477 g/mol. The van der Waals surface area contributed by atoms with E-state index in [1.54, 1.807) is 12.1 Å². The van der Waals surface area contributed by atoms with Crippen LogP contribution in [-0.4, -0.2) is 43.9 Å². The van der Waals surface area contributed by atoms with Crippen LogP contribution in [0.2, 0.25) is 0 Å². The molecule has 0 bridgehead atoms. The number of hydrogen-bond donors (Lipinski definition) is 1. The van der Waals surface area contributed by atoms with Crippen LogP contribution in [-0.2, 0) is 21.2 Å². The molecule has 1 saturated heterocycles. The van der Waals surface area contributed by atoms with E-state index in [2.05, 4.69) is 31.7 Å². The molecular formula is C25H27N5O3S. The quantitative estimate of drug-likeness (QED) is 0.605. The van der Waals surface area contributed by atoms with Gasteiger partial charge in [0.1, 0.15) is 12.1 Å². The summed E-state index contributed by atoms with van der Waals surface area (Å²) in [5.74, 6) is 0.463. The van der Waals surface area contributed by atoms with Gasteiger partial charge in [-0.3, -0.25) is 9.52 Å². The molecule has 0 unspecified atom stereocenters. The largest absolute Gasteiger partial charge is 0.371 e. The summed E-state index contributed by atoms with van der Waals surface area (Å²) in [4.78, 5) is 25.3. The molecule has 0 atom stereocenters. The molecule has 1 aromatic heterocycles. The number of aryl methyl sites for hydroxylation is 1. The summed E-state index contributed by atoms with van der Waals surface area (Å²) in [7, 11) is -3.73. The smallest absolute Gasteiger partial charge is 0.263 e. The predicted molar refractivity (Wildman–Crippen MR) is 131 cm³/mol. The molecule has 8 nitrogen and oxygen atoms in total. The van der Waals surface area contributed by atoms with Crippen LogP contribution in [0.25, 0.3) is 0 Å². The second kappa shape index (κ2) is 9.42. The SMILES string of the molecule is O=C(C1CCN(c2ccc(S(=O)(=O)Nc3ccncn3)cc2)CC1)N1CCCc2ccccc21. The highest BCUT2D eigenvalue weighted by molar-refractivity contribution is 7.92. The highest BCUT2D eigenvalue weighted by Crippen LogP contribution is 2.31. The first-order valence-corrected chi connectivity index (χ1v) is 13.0. The molecule has 2 aliphatic heterocycles. The van der Waals surface area contributed by atoms with Crippen LogP contribution in [0.3, 0.4) is 0 Å². The Morgan fingerprint density at radius 1 is 0.971 bits per heavy atom. The van der Waals surface area contributed by atoms with Gasteiger partial charge in [0.15, 0.2) is 0 Å². The maximum atomic E-state index is 13.3. The van der Waals surface area contributed by atoms with Crippen molar-refractivity contribution in [3.63, 3.8) is 0 Å². The summed E-state index contributed by atoms with van der Waals surface area (Å²) < 4.78 is 27.7. The molecule has 2 aromatic carbocycles. The molecule has 1 amide bonds. The molecule has 1 N–H and O–H groups in total. The second-order valence-corrected chi connectivity index (χ2v) is 10.4. The third kappa shape index (κ3) is 4.61. The fourth-order valence-corrected chi connectivity index (χ4v) is 5.76. The number of sulfonamides is 1. The van der Waals surface area contributed by atoms with Crippen molar-refractivity contribution in [2.24, 2.45) is 5.92 Å². The van der Waals surface area contributed by atoms with Crippen molar-refractivity contribution in [2.45, 2.75) is 30.6 Å². The first kappa shape index (κ1) is 22.3. The van der Waals surface area contributed by atoms with Crippen molar-refractivity contribution < 1.29 is 13.2 Å². The molecular weight excluding hydrogens is 450 g/mol. The standard InChI is InChI=1S/C25H27N5O3S/c31-25(30-15-3-5-19-4-1-2-6-23(19)30)20-12-16-29(17-13-20)21-7-9-22(10-8-21)34(32,33)28-24-11-14-26-18-27-24/h1-2,4,6-11,14,18,20H,3,5,12-13,15-17H2,(H,26,27,28). The summed E-state index contributed by atoms with van der Waals surface area (Å²) >= 11 is 0. The van der Waals surface area contributed by atoms with Crippen LogP contribution >= 0.6 is 0 Å². The number of rotatable bonds is 5. The molecule has 0 saturated carbocycles. The lowest BCUT2D eigenvalue weighted by atomic mass is 9.93. The minimum absolute atomic E-state index is 0.0131. The van der Waals surface area contributed by atoms with Gasteiger partial charge >= 0.3 is 0 Å². The van der Waals surface area contributed by atoms with Crippen LogP contribution < -0.4 is 14.5 Å².